The van der Waals surface area contributed by atoms with Crippen molar-refractivity contribution in [3.63, 3.8) is 0 Å². The highest BCUT2D eigenvalue weighted by atomic mass is 19.3. The van der Waals surface area contributed by atoms with Gasteiger partial charge in [0, 0.05) is 69.6 Å². The Morgan fingerprint density at radius 3 is 2.71 bits per heavy atom. The lowest BCUT2D eigenvalue weighted by Gasteiger charge is -2.32. The topological polar surface area (TPSA) is 75.6 Å². The Labute approximate surface area is 203 Å². The Balaban J connectivity index is 1.33. The van der Waals surface area contributed by atoms with Gasteiger partial charge in [-0.05, 0) is 55.9 Å². The third-order valence-corrected chi connectivity index (χ3v) is 7.22. The highest BCUT2D eigenvalue weighted by Gasteiger charge is 2.36. The first-order chi connectivity index (χ1) is 16.9. The predicted molar refractivity (Wildman–Crippen MR) is 127 cm³/mol. The fourth-order valence-electron chi connectivity index (χ4n) is 5.23. The molecule has 9 heteroatoms. The van der Waals surface area contributed by atoms with E-state index in [-0.39, 0.29) is 43.5 Å². The van der Waals surface area contributed by atoms with E-state index in [2.05, 4.69) is 9.97 Å². The zero-order chi connectivity index (χ0) is 24.6. The number of hydrogen-bond acceptors (Lipinski definition) is 6. The maximum Gasteiger partial charge on any atom is 0.255 e. The molecular weight excluding hydrogens is 454 g/mol. The van der Waals surface area contributed by atoms with Crippen molar-refractivity contribution in [3.8, 4) is 0 Å². The van der Waals surface area contributed by atoms with Crippen LogP contribution in [-0.4, -0.2) is 65.3 Å². The molecule has 0 spiro atoms. The number of hydrogen-bond donors (Lipinski definition) is 0. The van der Waals surface area contributed by atoms with Crippen molar-refractivity contribution < 1.29 is 23.1 Å². The Kier molecular flexibility index (Phi) is 6.53. The third kappa shape index (κ3) is 4.78. The zero-order valence-electron chi connectivity index (χ0n) is 19.9. The van der Waals surface area contributed by atoms with E-state index < -0.39 is 5.92 Å². The van der Waals surface area contributed by atoms with Crippen LogP contribution < -0.4 is 4.90 Å². The van der Waals surface area contributed by atoms with E-state index in [1.54, 1.807) is 6.20 Å². The largest absolute Gasteiger partial charge is 0.382 e. The summed E-state index contributed by atoms with van der Waals surface area (Å²) in [5, 5.41) is 0. The number of likely N-dealkylation sites (tertiary alicyclic amines) is 1. The molecule has 7 nitrogen and oxygen atoms in total. The number of aromatic nitrogens is 2. The van der Waals surface area contributed by atoms with Gasteiger partial charge in [0.15, 0.2) is 5.78 Å². The molecule has 1 fully saturated rings. The maximum atomic E-state index is 13.5. The summed E-state index contributed by atoms with van der Waals surface area (Å²) in [4.78, 5) is 38.4. The Bertz CT molecular complexity index is 1130. The average molecular weight is 485 g/mol. The van der Waals surface area contributed by atoms with Crippen molar-refractivity contribution in [3.05, 3.63) is 46.8 Å². The van der Waals surface area contributed by atoms with E-state index in [0.717, 1.165) is 42.1 Å². The van der Waals surface area contributed by atoms with Crippen LogP contribution in [0.4, 0.5) is 20.4 Å². The number of carbonyl (C=O) groups is 2. The zero-order valence-corrected chi connectivity index (χ0v) is 19.9. The van der Waals surface area contributed by atoms with Crippen LogP contribution in [0.15, 0.2) is 24.5 Å². The van der Waals surface area contributed by atoms with Crippen LogP contribution in [0.5, 0.6) is 0 Å². The monoisotopic (exact) mass is 484 g/mol. The van der Waals surface area contributed by atoms with Gasteiger partial charge in [0.1, 0.15) is 11.6 Å². The second kappa shape index (κ2) is 9.60. The quantitative estimate of drug-likeness (QED) is 0.572. The van der Waals surface area contributed by atoms with Gasteiger partial charge in [-0.2, -0.15) is 0 Å². The van der Waals surface area contributed by atoms with Crippen LogP contribution in [0.3, 0.4) is 0 Å². The Hall–Kier alpha value is -2.94. The first-order valence-corrected chi connectivity index (χ1v) is 12.4. The highest BCUT2D eigenvalue weighted by molar-refractivity contribution is 6.02. The van der Waals surface area contributed by atoms with Crippen molar-refractivity contribution in [2.75, 3.05) is 37.7 Å². The number of anilines is 2. The smallest absolute Gasteiger partial charge is 0.255 e. The number of nitrogens with zero attached hydrogens (tertiary/aromatic N) is 4. The summed E-state index contributed by atoms with van der Waals surface area (Å²) < 4.78 is 32.4. The molecule has 2 aromatic rings. The number of piperidine rings is 1. The molecule has 0 N–H and O–H groups in total. The molecule has 0 saturated carbocycles. The van der Waals surface area contributed by atoms with Gasteiger partial charge < -0.3 is 14.5 Å². The van der Waals surface area contributed by atoms with Crippen molar-refractivity contribution in [1.29, 1.82) is 0 Å². The Morgan fingerprint density at radius 2 is 1.94 bits per heavy atom. The van der Waals surface area contributed by atoms with Crippen molar-refractivity contribution in [1.82, 2.24) is 14.9 Å². The lowest BCUT2D eigenvalue weighted by Crippen LogP contribution is -2.42. The van der Waals surface area contributed by atoms with Crippen molar-refractivity contribution >= 4 is 23.3 Å². The summed E-state index contributed by atoms with van der Waals surface area (Å²) in [7, 11) is 0. The number of rotatable bonds is 6. The van der Waals surface area contributed by atoms with Gasteiger partial charge >= 0.3 is 0 Å². The van der Waals surface area contributed by atoms with E-state index in [0.29, 0.717) is 37.2 Å². The molecule has 1 saturated heterocycles. The molecule has 3 aliphatic rings. The highest BCUT2D eigenvalue weighted by Crippen LogP contribution is 2.36. The van der Waals surface area contributed by atoms with Crippen LogP contribution in [0, 0.1) is 5.92 Å². The van der Waals surface area contributed by atoms with E-state index in [1.165, 1.54) is 11.1 Å². The van der Waals surface area contributed by atoms with Gasteiger partial charge in [-0.3, -0.25) is 9.59 Å². The summed E-state index contributed by atoms with van der Waals surface area (Å²) in [6.45, 7) is 4.01. The number of amides is 1. The number of pyridine rings is 2. The van der Waals surface area contributed by atoms with E-state index in [9.17, 15) is 18.4 Å². The summed E-state index contributed by atoms with van der Waals surface area (Å²) >= 11 is 0. The number of Topliss-reactive ketones (excluding diaryl/α,β-unsaturated/α-hetero) is 1. The lowest BCUT2D eigenvalue weighted by atomic mass is 10.0. The molecule has 0 bridgehead atoms. The molecule has 0 aromatic carbocycles. The number of fused-ring (bicyclic) bond motifs is 2. The van der Waals surface area contributed by atoms with Gasteiger partial charge in [0.05, 0.1) is 5.56 Å². The number of ketones is 1. The van der Waals surface area contributed by atoms with Crippen molar-refractivity contribution in [2.45, 2.75) is 51.4 Å². The maximum absolute atomic E-state index is 13.5. The van der Waals surface area contributed by atoms with Crippen LogP contribution in [0.1, 0.15) is 64.4 Å². The normalized spacial score (nSPS) is 21.1. The first-order valence-electron chi connectivity index (χ1n) is 12.4. The number of alkyl halides is 2. The first kappa shape index (κ1) is 23.8. The molecule has 4 heterocycles. The number of carbonyl (C=O) groups excluding carboxylic acids is 2. The van der Waals surface area contributed by atoms with E-state index >= 15 is 0 Å². The molecule has 1 atom stereocenters. The van der Waals surface area contributed by atoms with Gasteiger partial charge in [-0.15, -0.1) is 0 Å². The number of aryl methyl sites for hydroxylation is 1. The number of halogens is 2. The van der Waals surface area contributed by atoms with E-state index in [1.807, 2.05) is 24.0 Å². The second-order valence-electron chi connectivity index (χ2n) is 9.56. The van der Waals surface area contributed by atoms with Gasteiger partial charge in [0.25, 0.3) is 11.8 Å². The molecule has 0 radical (unpaired) electrons. The third-order valence-electron chi connectivity index (χ3n) is 7.22. The molecule has 35 heavy (non-hydrogen) atoms. The second-order valence-corrected chi connectivity index (χ2v) is 9.56. The summed E-state index contributed by atoms with van der Waals surface area (Å²) in [6.07, 6.45) is 5.65. The number of ether oxygens (including phenoxy) is 1. The molecule has 1 amide bonds. The SMILES string of the molecule is CCOCCC1Cc2cc(N3CCCc4cc(C(=O)N5CCC(F)(F)CC5)cnc43)ncc2C1=O. The van der Waals surface area contributed by atoms with Crippen LogP contribution in [0.25, 0.3) is 0 Å². The minimum atomic E-state index is -2.69. The predicted octanol–water partition coefficient (Wildman–Crippen LogP) is 4.21. The fourth-order valence-corrected chi connectivity index (χ4v) is 5.23. The molecule has 2 aliphatic heterocycles. The fraction of sp³-hybridized carbons (Fsp3) is 0.538. The minimum absolute atomic E-state index is 0.0539. The molecular formula is C26H30F2N4O3. The van der Waals surface area contributed by atoms with Crippen molar-refractivity contribution in [2.24, 2.45) is 5.92 Å². The molecule has 2 aromatic heterocycles. The average Bonchev–Trinajstić information content (AvgIpc) is 3.17. The molecule has 186 valence electrons. The molecule has 1 aliphatic carbocycles. The van der Waals surface area contributed by atoms with E-state index in [4.69, 9.17) is 4.74 Å². The van der Waals surface area contributed by atoms with Gasteiger partial charge in [0.2, 0.25) is 0 Å². The summed E-state index contributed by atoms with van der Waals surface area (Å²) in [6, 6.07) is 3.82. The lowest BCUT2D eigenvalue weighted by molar-refractivity contribution is -0.0494. The molecule has 1 unspecified atom stereocenters. The molecule has 5 rings (SSSR count). The summed E-state index contributed by atoms with van der Waals surface area (Å²) in [5.41, 5.74) is 3.06. The van der Waals surface area contributed by atoms with Gasteiger partial charge in [-0.25, -0.2) is 18.7 Å². The standard InChI is InChI=1S/C26H30F2N4O3/c1-2-35-11-5-17-12-19-14-22(29-16-21(19)23(17)33)32-8-3-4-18-13-20(15-30-24(18)32)25(34)31-9-6-26(27,28)7-10-31/h13-17H,2-12H2,1H3. The minimum Gasteiger partial charge on any atom is -0.382 e. The van der Waals surface area contributed by atoms with Crippen LogP contribution in [-0.2, 0) is 17.6 Å². The summed E-state index contributed by atoms with van der Waals surface area (Å²) in [5.74, 6) is -1.38. The van der Waals surface area contributed by atoms with Gasteiger partial charge in [-0.1, -0.05) is 0 Å². The van der Waals surface area contributed by atoms with Crippen LogP contribution >= 0.6 is 0 Å². The Morgan fingerprint density at radius 1 is 1.14 bits per heavy atom. The van der Waals surface area contributed by atoms with Crippen LogP contribution in [0.2, 0.25) is 0 Å².